The molecule has 0 aliphatic heterocycles. The molecule has 0 bridgehead atoms. The molecule has 122 valence electrons. The van der Waals surface area contributed by atoms with Gasteiger partial charge in [0.2, 0.25) is 5.91 Å². The number of nitrogens with one attached hydrogen (secondary N) is 2. The van der Waals surface area contributed by atoms with Crippen LogP contribution in [0, 0.1) is 6.92 Å². The fraction of sp³-hybridized carbons (Fsp3) is 0.278. The monoisotopic (exact) mass is 314 g/mol. The third-order valence-corrected chi connectivity index (χ3v) is 3.18. The van der Waals surface area contributed by atoms with Crippen molar-refractivity contribution in [3.63, 3.8) is 0 Å². The van der Waals surface area contributed by atoms with Crippen LogP contribution >= 0.6 is 0 Å². The molecule has 5 heteroatoms. The highest BCUT2D eigenvalue weighted by Crippen LogP contribution is 2.29. The molecule has 0 atom stereocenters. The molecule has 0 saturated carbocycles. The minimum atomic E-state index is -0.124. The first-order valence-corrected chi connectivity index (χ1v) is 7.52. The van der Waals surface area contributed by atoms with Gasteiger partial charge in [0.1, 0.15) is 5.75 Å². The molecule has 5 nitrogen and oxygen atoms in total. The number of carbonyl (C=O) groups excluding carboxylic acids is 1. The number of carbonyl (C=O) groups is 1. The van der Waals surface area contributed by atoms with Gasteiger partial charge in [-0.25, -0.2) is 0 Å². The molecule has 2 rings (SSSR count). The van der Waals surface area contributed by atoms with Crippen molar-refractivity contribution < 1.29 is 14.3 Å². The predicted octanol–water partition coefficient (Wildman–Crippen LogP) is 2.96. The molecule has 2 N–H and O–H groups in total. The van der Waals surface area contributed by atoms with Gasteiger partial charge in [0, 0.05) is 13.7 Å². The Kier molecular flexibility index (Phi) is 6.59. The summed E-state index contributed by atoms with van der Waals surface area (Å²) in [5.41, 5.74) is 1.81. The Labute approximate surface area is 136 Å². The largest absolute Gasteiger partial charge is 0.455 e. The summed E-state index contributed by atoms with van der Waals surface area (Å²) >= 11 is 0. The number of ether oxygens (including phenoxy) is 2. The van der Waals surface area contributed by atoms with Crippen LogP contribution in [-0.2, 0) is 9.53 Å². The lowest BCUT2D eigenvalue weighted by molar-refractivity contribution is -0.115. The fourth-order valence-corrected chi connectivity index (χ4v) is 1.96. The van der Waals surface area contributed by atoms with Crippen molar-refractivity contribution in [1.82, 2.24) is 5.32 Å². The van der Waals surface area contributed by atoms with Crippen LogP contribution in [0.4, 0.5) is 5.69 Å². The number of para-hydroxylation sites is 2. The van der Waals surface area contributed by atoms with Gasteiger partial charge >= 0.3 is 0 Å². The molecule has 0 fully saturated rings. The Balaban J connectivity index is 1.97. The second-order valence-electron chi connectivity index (χ2n) is 5.13. The minimum absolute atomic E-state index is 0.124. The van der Waals surface area contributed by atoms with Crippen LogP contribution < -0.4 is 15.4 Å². The maximum Gasteiger partial charge on any atom is 0.238 e. The summed E-state index contributed by atoms with van der Waals surface area (Å²) in [5.74, 6) is 1.22. The average Bonchev–Trinajstić information content (AvgIpc) is 2.55. The summed E-state index contributed by atoms with van der Waals surface area (Å²) < 4.78 is 10.8. The highest BCUT2D eigenvalue weighted by atomic mass is 16.5. The average molecular weight is 314 g/mol. The first-order chi connectivity index (χ1) is 11.2. The van der Waals surface area contributed by atoms with E-state index in [9.17, 15) is 4.79 Å². The number of anilines is 1. The number of hydrogen-bond donors (Lipinski definition) is 2. The van der Waals surface area contributed by atoms with Crippen molar-refractivity contribution in [2.24, 2.45) is 0 Å². The van der Waals surface area contributed by atoms with E-state index in [4.69, 9.17) is 9.47 Å². The number of benzene rings is 2. The second-order valence-corrected chi connectivity index (χ2v) is 5.13. The van der Waals surface area contributed by atoms with Gasteiger partial charge in [-0.2, -0.15) is 0 Å². The van der Waals surface area contributed by atoms with E-state index in [-0.39, 0.29) is 12.5 Å². The zero-order valence-corrected chi connectivity index (χ0v) is 13.5. The van der Waals surface area contributed by atoms with Crippen LogP contribution in [0.15, 0.2) is 48.5 Å². The molecule has 0 spiro atoms. The predicted molar refractivity (Wildman–Crippen MR) is 91.1 cm³/mol. The highest BCUT2D eigenvalue weighted by molar-refractivity contribution is 5.93. The molecule has 0 aliphatic carbocycles. The first-order valence-electron chi connectivity index (χ1n) is 7.52. The summed E-state index contributed by atoms with van der Waals surface area (Å²) in [7, 11) is 1.63. The van der Waals surface area contributed by atoms with E-state index in [1.165, 1.54) is 5.56 Å². The molecule has 2 aromatic rings. The number of amides is 1. The molecule has 0 radical (unpaired) electrons. The fourth-order valence-electron chi connectivity index (χ4n) is 1.96. The second kappa shape index (κ2) is 8.92. The Morgan fingerprint density at radius 2 is 1.83 bits per heavy atom. The lowest BCUT2D eigenvalue weighted by atomic mass is 10.2. The molecule has 1 amide bonds. The Morgan fingerprint density at radius 1 is 1.09 bits per heavy atom. The molecule has 23 heavy (non-hydrogen) atoms. The van der Waals surface area contributed by atoms with Crippen molar-refractivity contribution in [1.29, 1.82) is 0 Å². The summed E-state index contributed by atoms with van der Waals surface area (Å²) in [6, 6.07) is 15.1. The summed E-state index contributed by atoms with van der Waals surface area (Å²) in [6.07, 6.45) is 0. The lowest BCUT2D eigenvalue weighted by Gasteiger charge is -2.12. The van der Waals surface area contributed by atoms with Gasteiger partial charge in [-0.05, 0) is 31.2 Å². The smallest absolute Gasteiger partial charge is 0.238 e. The summed E-state index contributed by atoms with van der Waals surface area (Å²) in [5, 5.41) is 5.86. The van der Waals surface area contributed by atoms with Gasteiger partial charge in [0.25, 0.3) is 0 Å². The Bertz CT molecular complexity index is 626. The topological polar surface area (TPSA) is 59.6 Å². The first kappa shape index (κ1) is 17.0. The van der Waals surface area contributed by atoms with E-state index < -0.39 is 0 Å². The van der Waals surface area contributed by atoms with Gasteiger partial charge in [-0.1, -0.05) is 29.8 Å². The molecular weight excluding hydrogens is 292 g/mol. The molecular formula is C18H22N2O3. The van der Waals surface area contributed by atoms with E-state index in [1.54, 1.807) is 7.11 Å². The van der Waals surface area contributed by atoms with Gasteiger partial charge in [0.15, 0.2) is 5.75 Å². The SMILES string of the molecule is COCCNCC(=O)Nc1ccccc1Oc1ccc(C)cc1. The van der Waals surface area contributed by atoms with E-state index in [1.807, 2.05) is 55.5 Å². The molecule has 0 unspecified atom stereocenters. The molecule has 0 saturated heterocycles. The van der Waals surface area contributed by atoms with Crippen LogP contribution in [0.25, 0.3) is 0 Å². The summed E-state index contributed by atoms with van der Waals surface area (Å²) in [6.45, 7) is 3.45. The van der Waals surface area contributed by atoms with Crippen molar-refractivity contribution >= 4 is 11.6 Å². The van der Waals surface area contributed by atoms with E-state index in [2.05, 4.69) is 10.6 Å². The van der Waals surface area contributed by atoms with Crippen molar-refractivity contribution in [3.8, 4) is 11.5 Å². The molecule has 0 aromatic heterocycles. The Hall–Kier alpha value is -2.37. The number of methoxy groups -OCH3 is 1. The zero-order chi connectivity index (χ0) is 16.5. The van der Waals surface area contributed by atoms with Crippen LogP contribution in [0.3, 0.4) is 0 Å². The van der Waals surface area contributed by atoms with Crippen LogP contribution in [0.5, 0.6) is 11.5 Å². The minimum Gasteiger partial charge on any atom is -0.455 e. The number of hydrogen-bond acceptors (Lipinski definition) is 4. The number of aryl methyl sites for hydroxylation is 1. The molecule has 0 aliphatic rings. The van der Waals surface area contributed by atoms with Crippen LogP contribution in [0.1, 0.15) is 5.56 Å². The normalized spacial score (nSPS) is 10.3. The zero-order valence-electron chi connectivity index (χ0n) is 13.5. The third kappa shape index (κ3) is 5.73. The van der Waals surface area contributed by atoms with Crippen molar-refractivity contribution in [2.45, 2.75) is 6.92 Å². The van der Waals surface area contributed by atoms with Crippen molar-refractivity contribution in [2.75, 3.05) is 32.1 Å². The van der Waals surface area contributed by atoms with Crippen LogP contribution in [-0.4, -0.2) is 32.7 Å². The van der Waals surface area contributed by atoms with Gasteiger partial charge in [-0.15, -0.1) is 0 Å². The Morgan fingerprint density at radius 3 is 2.57 bits per heavy atom. The van der Waals surface area contributed by atoms with Gasteiger partial charge in [0.05, 0.1) is 18.8 Å². The standard InChI is InChI=1S/C18H22N2O3/c1-14-7-9-15(10-8-14)23-17-6-4-3-5-16(17)20-18(21)13-19-11-12-22-2/h3-10,19H,11-13H2,1-2H3,(H,20,21). The third-order valence-electron chi connectivity index (χ3n) is 3.18. The molecule has 2 aromatic carbocycles. The van der Waals surface area contributed by atoms with Crippen molar-refractivity contribution in [3.05, 3.63) is 54.1 Å². The van der Waals surface area contributed by atoms with Crippen LogP contribution in [0.2, 0.25) is 0 Å². The molecule has 0 heterocycles. The maximum atomic E-state index is 12.0. The number of rotatable bonds is 8. The van der Waals surface area contributed by atoms with Gasteiger partial charge < -0.3 is 20.1 Å². The van der Waals surface area contributed by atoms with E-state index in [0.29, 0.717) is 24.6 Å². The quantitative estimate of drug-likeness (QED) is 0.736. The van der Waals surface area contributed by atoms with E-state index >= 15 is 0 Å². The highest BCUT2D eigenvalue weighted by Gasteiger charge is 2.08. The maximum absolute atomic E-state index is 12.0. The van der Waals surface area contributed by atoms with E-state index in [0.717, 1.165) is 5.75 Å². The summed E-state index contributed by atoms with van der Waals surface area (Å²) in [4.78, 5) is 12.0. The van der Waals surface area contributed by atoms with Gasteiger partial charge in [-0.3, -0.25) is 4.79 Å². The lowest BCUT2D eigenvalue weighted by Crippen LogP contribution is -2.30.